The summed E-state index contributed by atoms with van der Waals surface area (Å²) in [6, 6.07) is 5.91. The molecule has 0 bridgehead atoms. The summed E-state index contributed by atoms with van der Waals surface area (Å²) in [5, 5.41) is 10.0. The molecule has 2 nitrogen and oxygen atoms in total. The first-order valence-corrected chi connectivity index (χ1v) is 5.32. The summed E-state index contributed by atoms with van der Waals surface area (Å²) in [4.78, 5) is 2.00. The van der Waals surface area contributed by atoms with Gasteiger partial charge in [0.1, 0.15) is 0 Å². The van der Waals surface area contributed by atoms with Gasteiger partial charge in [-0.25, -0.2) is 0 Å². The number of nitrogens with zero attached hydrogens (tertiary/aromatic N) is 1. The van der Waals surface area contributed by atoms with Gasteiger partial charge in [-0.2, -0.15) is 0 Å². The third-order valence-electron chi connectivity index (χ3n) is 2.09. The van der Waals surface area contributed by atoms with Gasteiger partial charge in [-0.05, 0) is 26.0 Å². The summed E-state index contributed by atoms with van der Waals surface area (Å²) in [5.74, 6) is 0. The average molecular weight is 258 g/mol. The summed E-state index contributed by atoms with van der Waals surface area (Å²) >= 11 is 3.46. The fourth-order valence-electron chi connectivity index (χ4n) is 1.49. The summed E-state index contributed by atoms with van der Waals surface area (Å²) in [6.07, 6.45) is 0. The van der Waals surface area contributed by atoms with Crippen molar-refractivity contribution in [2.24, 2.45) is 0 Å². The first-order chi connectivity index (χ1) is 6.34. The molecule has 0 fully saturated rings. The van der Waals surface area contributed by atoms with Crippen LogP contribution in [0.1, 0.15) is 19.4 Å². The van der Waals surface area contributed by atoms with Crippen LogP contribution in [0.25, 0.3) is 0 Å². The van der Waals surface area contributed by atoms with Crippen molar-refractivity contribution in [3.05, 3.63) is 28.2 Å². The molecule has 14 heavy (non-hydrogen) atoms. The van der Waals surface area contributed by atoms with Crippen molar-refractivity contribution in [2.45, 2.75) is 19.4 Å². The number of halogens is 1. The highest BCUT2D eigenvalue weighted by atomic mass is 79.9. The first kappa shape index (κ1) is 11.5. The maximum Gasteiger partial charge on any atom is 0.0871 e. The fourth-order valence-corrected chi connectivity index (χ4v) is 2.33. The van der Waals surface area contributed by atoms with Crippen molar-refractivity contribution in [3.63, 3.8) is 0 Å². The van der Waals surface area contributed by atoms with Crippen LogP contribution < -0.4 is 4.90 Å². The Labute approximate surface area is 93.7 Å². The van der Waals surface area contributed by atoms with Crippen LogP contribution in [0, 0.1) is 0 Å². The number of rotatable bonds is 2. The van der Waals surface area contributed by atoms with E-state index in [0.717, 1.165) is 15.7 Å². The molecule has 0 radical (unpaired) electrons. The SMILES string of the molecule is CN(C)c1cccc(Br)c1C(C)(C)O. The first-order valence-electron chi connectivity index (χ1n) is 4.52. The molecule has 78 valence electrons. The van der Waals surface area contributed by atoms with E-state index in [1.807, 2.05) is 37.2 Å². The third kappa shape index (κ3) is 2.28. The lowest BCUT2D eigenvalue weighted by atomic mass is 9.96. The van der Waals surface area contributed by atoms with E-state index in [9.17, 15) is 5.11 Å². The van der Waals surface area contributed by atoms with Gasteiger partial charge in [0, 0.05) is 29.8 Å². The second-order valence-corrected chi connectivity index (χ2v) is 4.94. The molecule has 1 rings (SSSR count). The quantitative estimate of drug-likeness (QED) is 0.881. The Morgan fingerprint density at radius 3 is 2.21 bits per heavy atom. The van der Waals surface area contributed by atoms with Gasteiger partial charge in [0.05, 0.1) is 5.60 Å². The molecule has 0 amide bonds. The molecular formula is C11H16BrNO. The van der Waals surface area contributed by atoms with Gasteiger partial charge in [0.2, 0.25) is 0 Å². The molecule has 1 aromatic rings. The van der Waals surface area contributed by atoms with E-state index in [2.05, 4.69) is 15.9 Å². The fraction of sp³-hybridized carbons (Fsp3) is 0.455. The van der Waals surface area contributed by atoms with Crippen LogP contribution in [-0.2, 0) is 5.60 Å². The van der Waals surface area contributed by atoms with Crippen molar-refractivity contribution >= 4 is 21.6 Å². The molecule has 1 N–H and O–H groups in total. The molecule has 0 atom stereocenters. The Balaban J connectivity index is 3.38. The minimum absolute atomic E-state index is 0.834. The molecular weight excluding hydrogens is 242 g/mol. The summed E-state index contributed by atoms with van der Waals surface area (Å²) in [6.45, 7) is 3.58. The molecule has 0 spiro atoms. The van der Waals surface area contributed by atoms with Crippen molar-refractivity contribution in [2.75, 3.05) is 19.0 Å². The third-order valence-corrected chi connectivity index (χ3v) is 2.75. The summed E-state index contributed by atoms with van der Waals surface area (Å²) in [5.41, 5.74) is 1.12. The summed E-state index contributed by atoms with van der Waals surface area (Å²) < 4.78 is 0.941. The van der Waals surface area contributed by atoms with E-state index < -0.39 is 5.60 Å². The van der Waals surface area contributed by atoms with Crippen LogP contribution in [-0.4, -0.2) is 19.2 Å². The lowest BCUT2D eigenvalue weighted by Gasteiger charge is -2.26. The predicted octanol–water partition coefficient (Wildman–Crippen LogP) is 2.74. The highest BCUT2D eigenvalue weighted by Gasteiger charge is 2.23. The van der Waals surface area contributed by atoms with E-state index in [1.165, 1.54) is 0 Å². The Hall–Kier alpha value is -0.540. The second-order valence-electron chi connectivity index (χ2n) is 4.09. The van der Waals surface area contributed by atoms with Gasteiger partial charge in [-0.3, -0.25) is 0 Å². The largest absolute Gasteiger partial charge is 0.386 e. The monoisotopic (exact) mass is 257 g/mol. The minimum Gasteiger partial charge on any atom is -0.386 e. The molecule has 0 saturated heterocycles. The van der Waals surface area contributed by atoms with E-state index in [-0.39, 0.29) is 0 Å². The van der Waals surface area contributed by atoms with Crippen LogP contribution >= 0.6 is 15.9 Å². The predicted molar refractivity (Wildman–Crippen MR) is 63.7 cm³/mol. The van der Waals surface area contributed by atoms with Crippen LogP contribution in [0.3, 0.4) is 0 Å². The highest BCUT2D eigenvalue weighted by Crippen LogP contribution is 2.35. The van der Waals surface area contributed by atoms with Crippen LogP contribution in [0.5, 0.6) is 0 Å². The number of aliphatic hydroxyl groups is 1. The number of hydrogen-bond donors (Lipinski definition) is 1. The zero-order valence-corrected chi connectivity index (χ0v) is 10.6. The van der Waals surface area contributed by atoms with Crippen LogP contribution in [0.4, 0.5) is 5.69 Å². The van der Waals surface area contributed by atoms with Crippen LogP contribution in [0.15, 0.2) is 22.7 Å². The second kappa shape index (κ2) is 3.91. The number of benzene rings is 1. The van der Waals surface area contributed by atoms with Gasteiger partial charge < -0.3 is 10.0 Å². The Bertz CT molecular complexity index is 329. The molecule has 0 saturated carbocycles. The van der Waals surface area contributed by atoms with E-state index in [1.54, 1.807) is 13.8 Å². The topological polar surface area (TPSA) is 23.5 Å². The van der Waals surface area contributed by atoms with Gasteiger partial charge in [0.25, 0.3) is 0 Å². The highest BCUT2D eigenvalue weighted by molar-refractivity contribution is 9.10. The molecule has 0 aromatic heterocycles. The smallest absolute Gasteiger partial charge is 0.0871 e. The van der Waals surface area contributed by atoms with E-state index >= 15 is 0 Å². The van der Waals surface area contributed by atoms with Gasteiger partial charge in [-0.15, -0.1) is 0 Å². The average Bonchev–Trinajstić information content (AvgIpc) is 2.01. The van der Waals surface area contributed by atoms with Gasteiger partial charge in [0.15, 0.2) is 0 Å². The van der Waals surface area contributed by atoms with Crippen molar-refractivity contribution in [3.8, 4) is 0 Å². The van der Waals surface area contributed by atoms with E-state index in [4.69, 9.17) is 0 Å². The molecule has 1 aromatic carbocycles. The number of anilines is 1. The van der Waals surface area contributed by atoms with Crippen molar-refractivity contribution < 1.29 is 5.11 Å². The lowest BCUT2D eigenvalue weighted by Crippen LogP contribution is -2.22. The van der Waals surface area contributed by atoms with Crippen molar-refractivity contribution in [1.82, 2.24) is 0 Å². The summed E-state index contributed by atoms with van der Waals surface area (Å²) in [7, 11) is 3.94. The van der Waals surface area contributed by atoms with E-state index in [0.29, 0.717) is 0 Å². The Morgan fingerprint density at radius 1 is 1.29 bits per heavy atom. The Morgan fingerprint density at radius 2 is 1.86 bits per heavy atom. The molecule has 0 aliphatic heterocycles. The molecule has 0 unspecified atom stereocenters. The van der Waals surface area contributed by atoms with Gasteiger partial charge in [-0.1, -0.05) is 22.0 Å². The molecule has 0 aliphatic rings. The molecule has 0 aliphatic carbocycles. The van der Waals surface area contributed by atoms with Crippen LogP contribution in [0.2, 0.25) is 0 Å². The molecule has 3 heteroatoms. The Kier molecular flexibility index (Phi) is 3.22. The number of hydrogen-bond acceptors (Lipinski definition) is 2. The zero-order chi connectivity index (χ0) is 10.9. The van der Waals surface area contributed by atoms with Gasteiger partial charge >= 0.3 is 0 Å². The van der Waals surface area contributed by atoms with Crippen molar-refractivity contribution in [1.29, 1.82) is 0 Å². The maximum atomic E-state index is 10.0. The standard InChI is InChI=1S/C11H16BrNO/c1-11(2,14)10-8(12)6-5-7-9(10)13(3)4/h5-7,14H,1-4H3. The lowest BCUT2D eigenvalue weighted by molar-refractivity contribution is 0.0783. The molecule has 0 heterocycles. The minimum atomic E-state index is -0.834. The normalized spacial score (nSPS) is 11.6. The maximum absolute atomic E-state index is 10.0. The zero-order valence-electron chi connectivity index (χ0n) is 9.00.